The molecule has 0 saturated carbocycles. The summed E-state index contributed by atoms with van der Waals surface area (Å²) < 4.78 is 20.8. The number of hydrogen-bond acceptors (Lipinski definition) is 5. The molecule has 0 aliphatic heterocycles. The standard InChI is InChI=1S/C18H23N5O4/c1-24-13-5-11(6-14(9-13)25-2)21-17(19)23-18(20)22-12-7-15(26-3)10-16(8-12)27-4/h5-10H,1-4H3,(H5,19,20,21,22,23). The lowest BCUT2D eigenvalue weighted by molar-refractivity contribution is 0.394. The molecule has 0 amide bonds. The average Bonchev–Trinajstić information content (AvgIpc) is 2.66. The molecule has 0 atom stereocenters. The topological polar surface area (TPSA) is 126 Å². The Morgan fingerprint density at radius 1 is 0.741 bits per heavy atom. The summed E-state index contributed by atoms with van der Waals surface area (Å²) in [5.41, 5.74) is 12.9. The van der Waals surface area contributed by atoms with Gasteiger partial charge in [0.05, 0.1) is 34.1 Å². The second kappa shape index (κ2) is 9.18. The van der Waals surface area contributed by atoms with Crippen LogP contribution in [0.25, 0.3) is 0 Å². The van der Waals surface area contributed by atoms with Crippen molar-refractivity contribution in [3.63, 3.8) is 0 Å². The van der Waals surface area contributed by atoms with Crippen LogP contribution in [0.4, 0.5) is 11.4 Å². The zero-order chi connectivity index (χ0) is 19.8. The Morgan fingerprint density at radius 2 is 1.19 bits per heavy atom. The molecule has 9 heteroatoms. The van der Waals surface area contributed by atoms with Gasteiger partial charge in [-0.3, -0.25) is 0 Å². The lowest BCUT2D eigenvalue weighted by atomic mass is 10.3. The van der Waals surface area contributed by atoms with Crippen LogP contribution < -0.4 is 35.7 Å². The largest absolute Gasteiger partial charge is 0.497 e. The van der Waals surface area contributed by atoms with Crippen molar-refractivity contribution in [2.75, 3.05) is 33.8 Å². The maximum Gasteiger partial charge on any atom is 0.223 e. The summed E-state index contributed by atoms with van der Waals surface area (Å²) in [6.45, 7) is 0. The second-order valence-corrected chi connectivity index (χ2v) is 5.26. The van der Waals surface area contributed by atoms with E-state index in [1.165, 1.54) is 0 Å². The van der Waals surface area contributed by atoms with Gasteiger partial charge in [0.25, 0.3) is 0 Å². The molecule has 0 aromatic heterocycles. The first-order chi connectivity index (χ1) is 13.0. The molecule has 0 radical (unpaired) electrons. The van der Waals surface area contributed by atoms with Crippen LogP contribution in [-0.4, -0.2) is 40.4 Å². The summed E-state index contributed by atoms with van der Waals surface area (Å²) >= 11 is 0. The summed E-state index contributed by atoms with van der Waals surface area (Å²) in [5.74, 6) is 2.40. The molecule has 5 N–H and O–H groups in total. The molecule has 0 unspecified atom stereocenters. The Morgan fingerprint density at radius 3 is 1.63 bits per heavy atom. The van der Waals surface area contributed by atoms with Gasteiger partial charge in [-0.2, -0.15) is 4.99 Å². The van der Waals surface area contributed by atoms with Crippen molar-refractivity contribution in [3.8, 4) is 23.0 Å². The first kappa shape index (κ1) is 19.7. The molecule has 2 aromatic rings. The molecule has 27 heavy (non-hydrogen) atoms. The van der Waals surface area contributed by atoms with Crippen LogP contribution in [0.15, 0.2) is 46.4 Å². The number of aliphatic imine (C=N–C) groups is 2. The van der Waals surface area contributed by atoms with Crippen LogP contribution in [-0.2, 0) is 0 Å². The number of methoxy groups -OCH3 is 4. The molecule has 0 bridgehead atoms. The van der Waals surface area contributed by atoms with E-state index in [9.17, 15) is 0 Å². The number of guanidine groups is 2. The number of anilines is 1. The maximum absolute atomic E-state index is 5.90. The van der Waals surface area contributed by atoms with E-state index in [4.69, 9.17) is 30.4 Å². The van der Waals surface area contributed by atoms with E-state index in [-0.39, 0.29) is 11.9 Å². The van der Waals surface area contributed by atoms with Gasteiger partial charge in [-0.25, -0.2) is 4.99 Å². The van der Waals surface area contributed by atoms with E-state index in [0.717, 1.165) is 0 Å². The molecule has 0 spiro atoms. The van der Waals surface area contributed by atoms with Gasteiger partial charge in [0.1, 0.15) is 23.0 Å². The number of benzene rings is 2. The molecule has 0 heterocycles. The van der Waals surface area contributed by atoms with E-state index >= 15 is 0 Å². The fraction of sp³-hybridized carbons (Fsp3) is 0.222. The molecule has 2 rings (SSSR count). The second-order valence-electron chi connectivity index (χ2n) is 5.26. The van der Waals surface area contributed by atoms with Crippen molar-refractivity contribution >= 4 is 23.3 Å². The molecule has 0 aliphatic carbocycles. The number of nitrogens with two attached hydrogens (primary N) is 2. The van der Waals surface area contributed by atoms with Gasteiger partial charge in [0, 0.05) is 42.1 Å². The molecule has 144 valence electrons. The summed E-state index contributed by atoms with van der Waals surface area (Å²) in [4.78, 5) is 8.24. The minimum atomic E-state index is -0.0369. The Hall–Kier alpha value is -3.62. The van der Waals surface area contributed by atoms with E-state index in [1.54, 1.807) is 64.8 Å². The zero-order valence-electron chi connectivity index (χ0n) is 15.6. The van der Waals surface area contributed by atoms with Crippen LogP contribution in [0.3, 0.4) is 0 Å². The van der Waals surface area contributed by atoms with Crippen molar-refractivity contribution in [2.24, 2.45) is 21.5 Å². The van der Waals surface area contributed by atoms with Crippen molar-refractivity contribution in [2.45, 2.75) is 0 Å². The summed E-state index contributed by atoms with van der Waals surface area (Å²) in [7, 11) is 6.22. The predicted molar refractivity (Wildman–Crippen MR) is 106 cm³/mol. The summed E-state index contributed by atoms with van der Waals surface area (Å²) in [5, 5.41) is 2.91. The Kier molecular flexibility index (Phi) is 6.70. The van der Waals surface area contributed by atoms with Crippen molar-refractivity contribution in [1.29, 1.82) is 0 Å². The van der Waals surface area contributed by atoms with Gasteiger partial charge in [0.15, 0.2) is 0 Å². The van der Waals surface area contributed by atoms with Gasteiger partial charge in [-0.05, 0) is 0 Å². The van der Waals surface area contributed by atoms with Gasteiger partial charge < -0.3 is 35.7 Å². The maximum atomic E-state index is 5.90. The Labute approximate surface area is 157 Å². The van der Waals surface area contributed by atoms with E-state index < -0.39 is 0 Å². The number of ether oxygens (including phenoxy) is 4. The third-order valence-electron chi connectivity index (χ3n) is 3.44. The highest BCUT2D eigenvalue weighted by Gasteiger charge is 2.05. The summed E-state index contributed by atoms with van der Waals surface area (Å²) in [6.07, 6.45) is 0. The van der Waals surface area contributed by atoms with Crippen LogP contribution in [0.2, 0.25) is 0 Å². The SMILES string of the molecule is COc1cc(N=C(N)N=C(N)Nc2cc(OC)cc(OC)c2)cc(OC)c1. The number of nitrogens with zero attached hydrogens (tertiary/aromatic N) is 2. The Bertz CT molecular complexity index is 807. The third kappa shape index (κ3) is 5.70. The zero-order valence-corrected chi connectivity index (χ0v) is 15.6. The van der Waals surface area contributed by atoms with Crippen LogP contribution >= 0.6 is 0 Å². The van der Waals surface area contributed by atoms with Gasteiger partial charge in [-0.1, -0.05) is 0 Å². The molecule has 9 nitrogen and oxygen atoms in total. The van der Waals surface area contributed by atoms with Gasteiger partial charge in [-0.15, -0.1) is 0 Å². The lowest BCUT2D eigenvalue weighted by Gasteiger charge is -2.10. The smallest absolute Gasteiger partial charge is 0.223 e. The number of nitrogens with one attached hydrogen (secondary N) is 1. The highest BCUT2D eigenvalue weighted by atomic mass is 16.5. The van der Waals surface area contributed by atoms with Gasteiger partial charge in [0.2, 0.25) is 11.9 Å². The number of rotatable bonds is 6. The molecule has 0 saturated heterocycles. The van der Waals surface area contributed by atoms with Crippen LogP contribution in [0.5, 0.6) is 23.0 Å². The highest BCUT2D eigenvalue weighted by Crippen LogP contribution is 2.28. The van der Waals surface area contributed by atoms with Crippen molar-refractivity contribution in [3.05, 3.63) is 36.4 Å². The molecular formula is C18H23N5O4. The van der Waals surface area contributed by atoms with Crippen LogP contribution in [0, 0.1) is 0 Å². The Balaban J connectivity index is 2.21. The van der Waals surface area contributed by atoms with E-state index in [2.05, 4.69) is 15.3 Å². The highest BCUT2D eigenvalue weighted by molar-refractivity contribution is 6.01. The monoisotopic (exact) mass is 373 g/mol. The number of hydrogen-bond donors (Lipinski definition) is 3. The normalized spacial score (nSPS) is 11.7. The summed E-state index contributed by atoms with van der Waals surface area (Å²) in [6, 6.07) is 10.3. The predicted octanol–water partition coefficient (Wildman–Crippen LogP) is 2.09. The molecule has 0 fully saturated rings. The van der Waals surface area contributed by atoms with E-state index in [1.807, 2.05) is 0 Å². The fourth-order valence-electron chi connectivity index (χ4n) is 2.19. The lowest BCUT2D eigenvalue weighted by Crippen LogP contribution is -2.26. The van der Waals surface area contributed by atoms with Crippen LogP contribution in [0.1, 0.15) is 0 Å². The molecule has 0 aliphatic rings. The first-order valence-corrected chi connectivity index (χ1v) is 7.89. The molecular weight excluding hydrogens is 350 g/mol. The van der Waals surface area contributed by atoms with Crippen molar-refractivity contribution in [1.82, 2.24) is 0 Å². The third-order valence-corrected chi connectivity index (χ3v) is 3.44. The molecule has 2 aromatic carbocycles. The minimum absolute atomic E-state index is 0.0369. The van der Waals surface area contributed by atoms with E-state index in [0.29, 0.717) is 34.4 Å². The first-order valence-electron chi connectivity index (χ1n) is 7.89. The van der Waals surface area contributed by atoms with Gasteiger partial charge >= 0.3 is 0 Å². The van der Waals surface area contributed by atoms with Crippen molar-refractivity contribution < 1.29 is 18.9 Å². The average molecular weight is 373 g/mol. The fourth-order valence-corrected chi connectivity index (χ4v) is 2.19. The minimum Gasteiger partial charge on any atom is -0.497 e. The quantitative estimate of drug-likeness (QED) is 0.523.